The van der Waals surface area contributed by atoms with Gasteiger partial charge in [0, 0.05) is 41.7 Å². The maximum Gasteiger partial charge on any atom is 0.282 e. The van der Waals surface area contributed by atoms with E-state index in [0.717, 1.165) is 42.0 Å². The molecule has 3 aromatic heterocycles. The quantitative estimate of drug-likeness (QED) is 0.538. The number of fused-ring (bicyclic) bond motifs is 1. The number of hydrogen-bond acceptors (Lipinski definition) is 4. The molecule has 0 aliphatic carbocycles. The summed E-state index contributed by atoms with van der Waals surface area (Å²) in [5.41, 5.74) is 2.96. The Balaban J connectivity index is 1.73. The number of halogens is 1. The first kappa shape index (κ1) is 17.6. The van der Waals surface area contributed by atoms with Crippen molar-refractivity contribution in [1.29, 1.82) is 0 Å². The van der Waals surface area contributed by atoms with Crippen LogP contribution in [0, 0.1) is 19.7 Å². The standard InChI is InChI=1S/C22H20FN5O/c1-14-19-13-25-28(20-6-3-4-7-24-20)22(29)21(19)15(2)27(14)18-11-16(23)10-17(12-18)26-8-5-9-26/h3-4,6-7,10-13H,5,8-9H2,1-2H3. The molecule has 1 saturated heterocycles. The minimum absolute atomic E-state index is 0.236. The van der Waals surface area contributed by atoms with Gasteiger partial charge in [0.05, 0.1) is 17.3 Å². The number of nitrogens with zero attached hydrogens (tertiary/aromatic N) is 5. The highest BCUT2D eigenvalue weighted by Gasteiger charge is 2.21. The number of pyridine rings is 1. The number of rotatable bonds is 3. The molecular formula is C22H20FN5O. The van der Waals surface area contributed by atoms with E-state index in [4.69, 9.17) is 0 Å². The normalized spacial score (nSPS) is 13.7. The van der Waals surface area contributed by atoms with Crippen LogP contribution in [0.15, 0.2) is 53.6 Å². The predicted octanol–water partition coefficient (Wildman–Crippen LogP) is 3.54. The summed E-state index contributed by atoms with van der Waals surface area (Å²) in [5.74, 6) is 0.181. The molecule has 29 heavy (non-hydrogen) atoms. The lowest BCUT2D eigenvalue weighted by Crippen LogP contribution is -2.37. The molecule has 4 heterocycles. The summed E-state index contributed by atoms with van der Waals surface area (Å²) in [6, 6.07) is 10.4. The van der Waals surface area contributed by atoms with Crippen LogP contribution in [-0.4, -0.2) is 32.4 Å². The molecule has 5 rings (SSSR count). The van der Waals surface area contributed by atoms with Crippen molar-refractivity contribution in [2.24, 2.45) is 0 Å². The summed E-state index contributed by atoms with van der Waals surface area (Å²) in [6.07, 6.45) is 4.43. The highest BCUT2D eigenvalue weighted by molar-refractivity contribution is 5.88. The molecule has 0 atom stereocenters. The molecule has 0 saturated carbocycles. The predicted molar refractivity (Wildman–Crippen MR) is 111 cm³/mol. The zero-order valence-electron chi connectivity index (χ0n) is 16.3. The van der Waals surface area contributed by atoms with Crippen LogP contribution in [0.2, 0.25) is 0 Å². The molecule has 0 unspecified atom stereocenters. The van der Waals surface area contributed by atoms with Crippen molar-refractivity contribution in [3.63, 3.8) is 0 Å². The van der Waals surface area contributed by atoms with Crippen molar-refractivity contribution in [3.05, 3.63) is 76.4 Å². The van der Waals surface area contributed by atoms with E-state index in [1.54, 1.807) is 30.6 Å². The van der Waals surface area contributed by atoms with Crippen LogP contribution in [-0.2, 0) is 0 Å². The van der Waals surface area contributed by atoms with Crippen molar-refractivity contribution in [2.75, 3.05) is 18.0 Å². The summed E-state index contributed by atoms with van der Waals surface area (Å²) < 4.78 is 17.6. The second-order valence-corrected chi connectivity index (χ2v) is 7.35. The topological polar surface area (TPSA) is 56.0 Å². The number of aromatic nitrogens is 4. The smallest absolute Gasteiger partial charge is 0.282 e. The van der Waals surface area contributed by atoms with Gasteiger partial charge in [0.15, 0.2) is 5.82 Å². The maximum atomic E-state index is 14.4. The second-order valence-electron chi connectivity index (χ2n) is 7.35. The molecule has 0 spiro atoms. The lowest BCUT2D eigenvalue weighted by Gasteiger charge is -2.33. The van der Waals surface area contributed by atoms with E-state index in [9.17, 15) is 9.18 Å². The van der Waals surface area contributed by atoms with Crippen molar-refractivity contribution < 1.29 is 4.39 Å². The molecule has 1 aliphatic heterocycles. The fourth-order valence-corrected chi connectivity index (χ4v) is 4.04. The Kier molecular flexibility index (Phi) is 3.97. The van der Waals surface area contributed by atoms with Gasteiger partial charge >= 0.3 is 0 Å². The molecule has 0 N–H and O–H groups in total. The fourth-order valence-electron chi connectivity index (χ4n) is 4.04. The Morgan fingerprint density at radius 3 is 2.52 bits per heavy atom. The van der Waals surface area contributed by atoms with Gasteiger partial charge in [-0.1, -0.05) is 6.07 Å². The van der Waals surface area contributed by atoms with Crippen molar-refractivity contribution in [3.8, 4) is 11.5 Å². The zero-order valence-corrected chi connectivity index (χ0v) is 16.3. The molecule has 0 radical (unpaired) electrons. The lowest BCUT2D eigenvalue weighted by atomic mass is 10.1. The third kappa shape index (κ3) is 2.73. The molecule has 6 nitrogen and oxygen atoms in total. The Labute approximate surface area is 166 Å². The van der Waals surface area contributed by atoms with Crippen LogP contribution in [0.1, 0.15) is 17.8 Å². The first-order chi connectivity index (χ1) is 14.0. The van der Waals surface area contributed by atoms with E-state index in [2.05, 4.69) is 15.0 Å². The largest absolute Gasteiger partial charge is 0.371 e. The average Bonchev–Trinajstić information content (AvgIpc) is 2.92. The van der Waals surface area contributed by atoms with Crippen LogP contribution in [0.5, 0.6) is 0 Å². The van der Waals surface area contributed by atoms with E-state index >= 15 is 0 Å². The molecule has 1 fully saturated rings. The minimum Gasteiger partial charge on any atom is -0.371 e. The lowest BCUT2D eigenvalue weighted by molar-refractivity contribution is 0.602. The molecular weight excluding hydrogens is 369 g/mol. The first-order valence-electron chi connectivity index (χ1n) is 9.62. The summed E-state index contributed by atoms with van der Waals surface area (Å²) in [4.78, 5) is 19.6. The number of hydrogen-bond donors (Lipinski definition) is 0. The van der Waals surface area contributed by atoms with E-state index in [-0.39, 0.29) is 11.4 Å². The maximum absolute atomic E-state index is 14.4. The summed E-state index contributed by atoms with van der Waals surface area (Å²) in [7, 11) is 0. The Morgan fingerprint density at radius 2 is 1.83 bits per heavy atom. The van der Waals surface area contributed by atoms with Crippen LogP contribution < -0.4 is 10.5 Å². The molecule has 7 heteroatoms. The highest BCUT2D eigenvalue weighted by Crippen LogP contribution is 2.30. The molecule has 1 aliphatic rings. The van der Waals surface area contributed by atoms with Gasteiger partial charge in [-0.3, -0.25) is 4.79 Å². The van der Waals surface area contributed by atoms with Gasteiger partial charge in [0.25, 0.3) is 5.56 Å². The molecule has 4 aromatic rings. The monoisotopic (exact) mass is 389 g/mol. The third-order valence-electron chi connectivity index (χ3n) is 5.61. The van der Waals surface area contributed by atoms with Gasteiger partial charge in [-0.05, 0) is 50.6 Å². The third-order valence-corrected chi connectivity index (χ3v) is 5.61. The number of anilines is 1. The van der Waals surface area contributed by atoms with Crippen LogP contribution in [0.25, 0.3) is 22.3 Å². The van der Waals surface area contributed by atoms with Crippen LogP contribution in [0.4, 0.5) is 10.1 Å². The van der Waals surface area contributed by atoms with Crippen LogP contribution in [0.3, 0.4) is 0 Å². The van der Waals surface area contributed by atoms with E-state index in [0.29, 0.717) is 16.9 Å². The van der Waals surface area contributed by atoms with Gasteiger partial charge in [-0.15, -0.1) is 0 Å². The molecule has 0 amide bonds. The summed E-state index contributed by atoms with van der Waals surface area (Å²) in [5, 5.41) is 5.64. The molecule has 146 valence electrons. The summed E-state index contributed by atoms with van der Waals surface area (Å²) in [6.45, 7) is 5.68. The average molecular weight is 389 g/mol. The fraction of sp³-hybridized carbons (Fsp3) is 0.227. The van der Waals surface area contributed by atoms with Crippen molar-refractivity contribution >= 4 is 16.5 Å². The summed E-state index contributed by atoms with van der Waals surface area (Å²) >= 11 is 0. The van der Waals surface area contributed by atoms with E-state index in [1.165, 1.54) is 10.7 Å². The number of benzene rings is 1. The van der Waals surface area contributed by atoms with E-state index in [1.807, 2.05) is 30.5 Å². The molecule has 1 aromatic carbocycles. The number of aryl methyl sites for hydroxylation is 2. The van der Waals surface area contributed by atoms with Crippen molar-refractivity contribution in [2.45, 2.75) is 20.3 Å². The van der Waals surface area contributed by atoms with Gasteiger partial charge in [0.2, 0.25) is 0 Å². The van der Waals surface area contributed by atoms with Gasteiger partial charge in [-0.25, -0.2) is 9.37 Å². The highest BCUT2D eigenvalue weighted by atomic mass is 19.1. The van der Waals surface area contributed by atoms with Gasteiger partial charge < -0.3 is 9.47 Å². The minimum atomic E-state index is -0.287. The van der Waals surface area contributed by atoms with E-state index < -0.39 is 0 Å². The second kappa shape index (κ2) is 6.55. The van der Waals surface area contributed by atoms with Crippen molar-refractivity contribution in [1.82, 2.24) is 19.3 Å². The zero-order chi connectivity index (χ0) is 20.1. The SMILES string of the molecule is Cc1c2cnn(-c3ccccn3)c(=O)c2c(C)n1-c1cc(F)cc(N2CCC2)c1. The Bertz CT molecular complexity index is 1290. The van der Waals surface area contributed by atoms with Crippen LogP contribution >= 0.6 is 0 Å². The Morgan fingerprint density at radius 1 is 1.03 bits per heavy atom. The first-order valence-corrected chi connectivity index (χ1v) is 9.62. The van der Waals surface area contributed by atoms with Gasteiger partial charge in [-0.2, -0.15) is 9.78 Å². The Hall–Kier alpha value is -3.48. The van der Waals surface area contributed by atoms with Gasteiger partial charge in [0.1, 0.15) is 5.82 Å². The molecule has 0 bridgehead atoms.